The van der Waals surface area contributed by atoms with E-state index in [-0.39, 0.29) is 6.42 Å². The first-order valence-corrected chi connectivity index (χ1v) is 8.65. The lowest BCUT2D eigenvalue weighted by Crippen LogP contribution is -2.66. The van der Waals surface area contributed by atoms with Crippen LogP contribution >= 0.6 is 0 Å². The highest BCUT2D eigenvalue weighted by atomic mass is 16.7. The summed E-state index contributed by atoms with van der Waals surface area (Å²) in [7, 11) is 1.31. The molecule has 0 aromatic heterocycles. The number of carbonyl (C=O) groups is 2. The number of rotatable bonds is 6. The van der Waals surface area contributed by atoms with Crippen molar-refractivity contribution in [2.24, 2.45) is 0 Å². The minimum atomic E-state index is -1.38. The highest BCUT2D eigenvalue weighted by molar-refractivity contribution is 5.73. The monoisotopic (exact) mass is 393 g/mol. The van der Waals surface area contributed by atoms with E-state index < -0.39 is 73.5 Å². The highest BCUT2D eigenvalue weighted by Gasteiger charge is 2.49. The van der Waals surface area contributed by atoms with Crippen LogP contribution in [0.2, 0.25) is 0 Å². The Morgan fingerprint density at radius 1 is 1.26 bits per heavy atom. The van der Waals surface area contributed by atoms with Crippen LogP contribution in [-0.2, 0) is 28.5 Å². The Bertz CT molecular complexity index is 531. The first kappa shape index (κ1) is 22.0. The van der Waals surface area contributed by atoms with E-state index in [1.807, 2.05) is 0 Å². The molecule has 156 valence electrons. The molecule has 0 radical (unpaired) electrons. The van der Waals surface area contributed by atoms with E-state index in [2.05, 4.69) is 5.32 Å². The number of carboxylic acid groups (broad SMARTS) is 1. The van der Waals surface area contributed by atoms with Gasteiger partial charge < -0.3 is 44.7 Å². The van der Waals surface area contributed by atoms with Crippen LogP contribution in [-0.4, -0.2) is 101 Å². The summed E-state index contributed by atoms with van der Waals surface area (Å²) in [5.41, 5.74) is 0. The summed E-state index contributed by atoms with van der Waals surface area (Å²) in [6, 6.07) is -0.806. The van der Waals surface area contributed by atoms with Crippen molar-refractivity contribution in [3.8, 4) is 0 Å². The third-order valence-corrected chi connectivity index (χ3v) is 4.76. The summed E-state index contributed by atoms with van der Waals surface area (Å²) in [6.07, 6.45) is -8.94. The number of ether oxygens (including phenoxy) is 4. The van der Waals surface area contributed by atoms with Crippen molar-refractivity contribution in [3.63, 3.8) is 0 Å². The third-order valence-electron chi connectivity index (χ3n) is 4.76. The van der Waals surface area contributed by atoms with Crippen LogP contribution in [0.5, 0.6) is 0 Å². The average Bonchev–Trinajstić information content (AvgIpc) is 2.61. The van der Waals surface area contributed by atoms with Crippen molar-refractivity contribution < 1.29 is 49.0 Å². The number of aliphatic hydroxyl groups excluding tert-OH is 3. The molecule has 2 heterocycles. The number of aliphatic hydroxyl groups is 3. The maximum absolute atomic E-state index is 11.5. The molecule has 27 heavy (non-hydrogen) atoms. The van der Waals surface area contributed by atoms with Gasteiger partial charge in [0.2, 0.25) is 5.91 Å². The van der Waals surface area contributed by atoms with Crippen molar-refractivity contribution in [3.05, 3.63) is 0 Å². The topological polar surface area (TPSA) is 164 Å². The van der Waals surface area contributed by atoms with Gasteiger partial charge in [-0.25, -0.2) is 4.79 Å². The summed E-state index contributed by atoms with van der Waals surface area (Å²) in [5.74, 6) is -1.68. The molecule has 2 fully saturated rings. The molecule has 0 aromatic carbocycles. The van der Waals surface area contributed by atoms with Gasteiger partial charge in [-0.3, -0.25) is 4.79 Å². The number of aliphatic carboxylic acids is 1. The van der Waals surface area contributed by atoms with Crippen molar-refractivity contribution in [1.82, 2.24) is 5.32 Å². The van der Waals surface area contributed by atoms with E-state index >= 15 is 0 Å². The summed E-state index contributed by atoms with van der Waals surface area (Å²) in [4.78, 5) is 22.9. The molecule has 0 aromatic rings. The van der Waals surface area contributed by atoms with Gasteiger partial charge in [0.25, 0.3) is 0 Å². The molecular weight excluding hydrogens is 366 g/mol. The molecular formula is C16H27NO10. The van der Waals surface area contributed by atoms with Crippen LogP contribution in [0.15, 0.2) is 0 Å². The quantitative estimate of drug-likeness (QED) is 0.328. The summed E-state index contributed by atoms with van der Waals surface area (Å²) in [6.45, 7) is 2.42. The largest absolute Gasteiger partial charge is 0.479 e. The summed E-state index contributed by atoms with van der Waals surface area (Å²) < 4.78 is 21.6. The Labute approximate surface area is 156 Å². The number of nitrogens with one attached hydrogen (secondary N) is 1. The molecule has 0 aliphatic carbocycles. The van der Waals surface area contributed by atoms with Crippen LogP contribution in [0.3, 0.4) is 0 Å². The molecule has 9 unspecified atom stereocenters. The molecule has 2 aliphatic heterocycles. The maximum Gasteiger partial charge on any atom is 0.335 e. The zero-order valence-electron chi connectivity index (χ0n) is 15.3. The fourth-order valence-electron chi connectivity index (χ4n) is 3.39. The number of methoxy groups -OCH3 is 1. The number of carboxylic acids is 1. The predicted octanol–water partition coefficient (Wildman–Crippen LogP) is -2.41. The molecule has 9 atom stereocenters. The summed E-state index contributed by atoms with van der Waals surface area (Å²) >= 11 is 0. The average molecular weight is 393 g/mol. The van der Waals surface area contributed by atoms with Gasteiger partial charge in [0.1, 0.15) is 24.4 Å². The Morgan fingerprint density at radius 3 is 2.44 bits per heavy atom. The SMILES string of the molecule is COC1CC(O)C(OC2C(O)C(CO)OC(C)C2NC(C)=O)OC1C(=O)O. The second-order valence-electron chi connectivity index (χ2n) is 6.72. The Balaban J connectivity index is 2.21. The van der Waals surface area contributed by atoms with E-state index in [1.165, 1.54) is 14.0 Å². The zero-order valence-corrected chi connectivity index (χ0v) is 15.3. The Hall–Kier alpha value is -1.34. The molecule has 5 N–H and O–H groups in total. The van der Waals surface area contributed by atoms with Gasteiger partial charge in [-0.05, 0) is 6.92 Å². The van der Waals surface area contributed by atoms with E-state index in [0.717, 1.165) is 0 Å². The van der Waals surface area contributed by atoms with Gasteiger partial charge in [0.15, 0.2) is 12.4 Å². The number of hydrogen-bond donors (Lipinski definition) is 5. The molecule has 0 bridgehead atoms. The third kappa shape index (κ3) is 4.93. The smallest absolute Gasteiger partial charge is 0.335 e. The van der Waals surface area contributed by atoms with Crippen LogP contribution in [0, 0.1) is 0 Å². The minimum Gasteiger partial charge on any atom is -0.479 e. The second kappa shape index (κ2) is 9.24. The molecule has 11 heteroatoms. The first-order chi connectivity index (χ1) is 12.7. The molecule has 2 aliphatic rings. The number of carbonyl (C=O) groups excluding carboxylic acids is 1. The van der Waals surface area contributed by atoms with Crippen LogP contribution < -0.4 is 5.32 Å². The number of amides is 1. The summed E-state index contributed by atoms with van der Waals surface area (Å²) in [5, 5.41) is 42.1. The van der Waals surface area contributed by atoms with Gasteiger partial charge in [0, 0.05) is 20.5 Å². The predicted molar refractivity (Wildman–Crippen MR) is 87.6 cm³/mol. The molecule has 0 spiro atoms. The van der Waals surface area contributed by atoms with Crippen molar-refractivity contribution in [1.29, 1.82) is 0 Å². The molecule has 2 rings (SSSR count). The minimum absolute atomic E-state index is 0.0543. The van der Waals surface area contributed by atoms with E-state index in [9.17, 15) is 30.0 Å². The van der Waals surface area contributed by atoms with Gasteiger partial charge in [0.05, 0.1) is 24.9 Å². The van der Waals surface area contributed by atoms with Crippen molar-refractivity contribution >= 4 is 11.9 Å². The normalized spacial score (nSPS) is 42.5. The zero-order chi connectivity index (χ0) is 20.3. The van der Waals surface area contributed by atoms with Crippen LogP contribution in [0.25, 0.3) is 0 Å². The molecule has 2 saturated heterocycles. The first-order valence-electron chi connectivity index (χ1n) is 8.65. The van der Waals surface area contributed by atoms with E-state index in [4.69, 9.17) is 18.9 Å². The molecule has 0 saturated carbocycles. The second-order valence-corrected chi connectivity index (χ2v) is 6.72. The fourth-order valence-corrected chi connectivity index (χ4v) is 3.39. The van der Waals surface area contributed by atoms with Crippen LogP contribution in [0.1, 0.15) is 20.3 Å². The number of hydrogen-bond acceptors (Lipinski definition) is 9. The standard InChI is InChI=1S/C16H27NO10/c1-6-11(17-7(2)19)14(12(21)10(5-18)25-6)27-16-8(20)4-9(24-3)13(26-16)15(22)23/h6,8-14,16,18,20-21H,4-5H2,1-3H3,(H,17,19)(H,22,23). The van der Waals surface area contributed by atoms with Crippen LogP contribution in [0.4, 0.5) is 0 Å². The van der Waals surface area contributed by atoms with Gasteiger partial charge >= 0.3 is 5.97 Å². The van der Waals surface area contributed by atoms with Crippen molar-refractivity contribution in [2.45, 2.75) is 75.3 Å². The lowest BCUT2D eigenvalue weighted by Gasteiger charge is -2.46. The van der Waals surface area contributed by atoms with Gasteiger partial charge in [-0.1, -0.05) is 0 Å². The lowest BCUT2D eigenvalue weighted by atomic mass is 9.92. The maximum atomic E-state index is 11.5. The van der Waals surface area contributed by atoms with Gasteiger partial charge in [-0.2, -0.15) is 0 Å². The van der Waals surface area contributed by atoms with E-state index in [1.54, 1.807) is 6.92 Å². The Kier molecular flexibility index (Phi) is 7.51. The highest BCUT2D eigenvalue weighted by Crippen LogP contribution is 2.29. The Morgan fingerprint density at radius 2 is 1.93 bits per heavy atom. The van der Waals surface area contributed by atoms with Crippen molar-refractivity contribution in [2.75, 3.05) is 13.7 Å². The van der Waals surface area contributed by atoms with Gasteiger partial charge in [-0.15, -0.1) is 0 Å². The van der Waals surface area contributed by atoms with E-state index in [0.29, 0.717) is 0 Å². The lowest BCUT2D eigenvalue weighted by molar-refractivity contribution is -0.308. The fraction of sp³-hybridized carbons (Fsp3) is 0.875. The molecule has 1 amide bonds. The molecule has 11 nitrogen and oxygen atoms in total.